The van der Waals surface area contributed by atoms with Crippen molar-refractivity contribution in [2.45, 2.75) is 96.8 Å². The second-order valence-electron chi connectivity index (χ2n) is 5.70. The minimum absolute atomic E-state index is 0.341. The number of aliphatic carboxylic acids is 1. The average molecular weight is 282 g/mol. The molecular weight excluding hydrogens is 248 g/mol. The van der Waals surface area contributed by atoms with Crippen LogP contribution in [0.2, 0.25) is 0 Å². The van der Waals surface area contributed by atoms with Crippen molar-refractivity contribution in [3.8, 4) is 0 Å². The number of carboxylic acid groups (broad SMARTS) is 1. The van der Waals surface area contributed by atoms with Crippen molar-refractivity contribution in [2.75, 3.05) is 0 Å². The van der Waals surface area contributed by atoms with Gasteiger partial charge in [-0.15, -0.1) is 0 Å². The van der Waals surface area contributed by atoms with Gasteiger partial charge >= 0.3 is 5.97 Å². The quantitative estimate of drug-likeness (QED) is 0.291. The van der Waals surface area contributed by atoms with Gasteiger partial charge < -0.3 is 5.11 Å². The van der Waals surface area contributed by atoms with Crippen LogP contribution in [0, 0.1) is 0 Å². The lowest BCUT2D eigenvalue weighted by Crippen LogP contribution is -1.93. The van der Waals surface area contributed by atoms with Gasteiger partial charge in [0.2, 0.25) is 0 Å². The van der Waals surface area contributed by atoms with E-state index in [2.05, 4.69) is 19.1 Å². The van der Waals surface area contributed by atoms with Crippen molar-refractivity contribution < 1.29 is 9.90 Å². The molecule has 0 saturated carbocycles. The van der Waals surface area contributed by atoms with Crippen molar-refractivity contribution in [3.63, 3.8) is 0 Å². The maximum absolute atomic E-state index is 10.3. The standard InChI is InChI=1S/C18H34O2/c1-2-3-4-5-6-7-8-9-10-11-12-13-14-15-16-17-18(19)20/h3-4H,2,5-17H2,1H3,(H,19,20)/b4-3+. The number of carboxylic acids is 1. The Morgan fingerprint density at radius 3 is 1.65 bits per heavy atom. The minimum Gasteiger partial charge on any atom is -0.481 e. The van der Waals surface area contributed by atoms with E-state index in [0.29, 0.717) is 6.42 Å². The number of rotatable bonds is 15. The predicted octanol–water partition coefficient (Wildman–Crippen LogP) is 6.11. The van der Waals surface area contributed by atoms with E-state index in [9.17, 15) is 4.79 Å². The Labute approximate surface area is 125 Å². The first-order valence-electron chi connectivity index (χ1n) is 8.64. The molecule has 0 aromatic carbocycles. The zero-order valence-electron chi connectivity index (χ0n) is 13.4. The number of allylic oxidation sites excluding steroid dienone is 2. The van der Waals surface area contributed by atoms with Gasteiger partial charge in [-0.25, -0.2) is 0 Å². The normalized spacial score (nSPS) is 11.2. The van der Waals surface area contributed by atoms with Crippen LogP contribution in [0.1, 0.15) is 96.8 Å². The van der Waals surface area contributed by atoms with E-state index in [-0.39, 0.29) is 0 Å². The highest BCUT2D eigenvalue weighted by molar-refractivity contribution is 5.66. The zero-order valence-corrected chi connectivity index (χ0v) is 13.4. The smallest absolute Gasteiger partial charge is 0.303 e. The van der Waals surface area contributed by atoms with E-state index < -0.39 is 5.97 Å². The summed E-state index contributed by atoms with van der Waals surface area (Å²) >= 11 is 0. The first-order valence-corrected chi connectivity index (χ1v) is 8.64. The number of unbranched alkanes of at least 4 members (excludes halogenated alkanes) is 11. The molecule has 0 spiro atoms. The average Bonchev–Trinajstić information content (AvgIpc) is 2.43. The van der Waals surface area contributed by atoms with Gasteiger partial charge in [0.15, 0.2) is 0 Å². The summed E-state index contributed by atoms with van der Waals surface area (Å²) in [5, 5.41) is 8.51. The molecule has 0 radical (unpaired) electrons. The summed E-state index contributed by atoms with van der Waals surface area (Å²) in [6.45, 7) is 2.18. The Balaban J connectivity index is 2.99. The first-order chi connectivity index (χ1) is 9.77. The molecule has 0 aromatic heterocycles. The molecule has 0 rings (SSSR count). The van der Waals surface area contributed by atoms with Gasteiger partial charge in [0.25, 0.3) is 0 Å². The third-order valence-corrected chi connectivity index (χ3v) is 3.66. The maximum Gasteiger partial charge on any atom is 0.303 e. The van der Waals surface area contributed by atoms with Crippen LogP contribution in [-0.2, 0) is 4.79 Å². The monoisotopic (exact) mass is 282 g/mol. The highest BCUT2D eigenvalue weighted by Crippen LogP contribution is 2.12. The fraction of sp³-hybridized carbons (Fsp3) is 0.833. The van der Waals surface area contributed by atoms with E-state index in [4.69, 9.17) is 5.11 Å². The van der Waals surface area contributed by atoms with Crippen molar-refractivity contribution in [2.24, 2.45) is 0 Å². The van der Waals surface area contributed by atoms with Gasteiger partial charge in [-0.2, -0.15) is 0 Å². The summed E-state index contributed by atoms with van der Waals surface area (Å²) in [5.41, 5.74) is 0. The molecule has 1 N–H and O–H groups in total. The van der Waals surface area contributed by atoms with E-state index >= 15 is 0 Å². The van der Waals surface area contributed by atoms with Crippen LogP contribution in [0.15, 0.2) is 12.2 Å². The van der Waals surface area contributed by atoms with Crippen LogP contribution in [0.25, 0.3) is 0 Å². The second kappa shape index (κ2) is 16.3. The molecule has 20 heavy (non-hydrogen) atoms. The molecule has 0 aliphatic heterocycles. The largest absolute Gasteiger partial charge is 0.481 e. The van der Waals surface area contributed by atoms with Crippen LogP contribution >= 0.6 is 0 Å². The van der Waals surface area contributed by atoms with Gasteiger partial charge in [-0.1, -0.05) is 76.9 Å². The summed E-state index contributed by atoms with van der Waals surface area (Å²) < 4.78 is 0. The fourth-order valence-corrected chi connectivity index (χ4v) is 2.41. The van der Waals surface area contributed by atoms with Crippen LogP contribution in [-0.4, -0.2) is 11.1 Å². The molecule has 0 atom stereocenters. The van der Waals surface area contributed by atoms with E-state index in [0.717, 1.165) is 19.3 Å². The molecule has 0 aliphatic rings. The van der Waals surface area contributed by atoms with Crippen LogP contribution in [0.5, 0.6) is 0 Å². The molecule has 0 unspecified atom stereocenters. The molecule has 0 heterocycles. The summed E-state index contributed by atoms with van der Waals surface area (Å²) in [4.78, 5) is 10.3. The highest BCUT2D eigenvalue weighted by Gasteiger charge is 1.96. The van der Waals surface area contributed by atoms with Crippen molar-refractivity contribution in [1.82, 2.24) is 0 Å². The Morgan fingerprint density at radius 2 is 1.20 bits per heavy atom. The number of carbonyl (C=O) groups is 1. The minimum atomic E-state index is -0.657. The molecule has 0 aromatic rings. The molecular formula is C18H34O2. The SMILES string of the molecule is CC/C=C/CCCCCCCCCCCCCC(=O)O. The topological polar surface area (TPSA) is 37.3 Å². The lowest BCUT2D eigenvalue weighted by atomic mass is 10.0. The second-order valence-corrected chi connectivity index (χ2v) is 5.70. The third kappa shape index (κ3) is 17.2. The maximum atomic E-state index is 10.3. The van der Waals surface area contributed by atoms with E-state index in [1.54, 1.807) is 0 Å². The Kier molecular flexibility index (Phi) is 15.6. The molecule has 2 heteroatoms. The Morgan fingerprint density at radius 1 is 0.750 bits per heavy atom. The summed E-state index contributed by atoms with van der Waals surface area (Å²) in [6, 6.07) is 0. The fourth-order valence-electron chi connectivity index (χ4n) is 2.41. The molecule has 2 nitrogen and oxygen atoms in total. The lowest BCUT2D eigenvalue weighted by Gasteiger charge is -2.02. The van der Waals surface area contributed by atoms with Crippen LogP contribution < -0.4 is 0 Å². The van der Waals surface area contributed by atoms with Gasteiger partial charge in [-0.05, 0) is 25.7 Å². The van der Waals surface area contributed by atoms with E-state index in [1.807, 2.05) is 0 Å². The lowest BCUT2D eigenvalue weighted by molar-refractivity contribution is -0.137. The molecule has 0 fully saturated rings. The van der Waals surface area contributed by atoms with E-state index in [1.165, 1.54) is 64.2 Å². The first kappa shape index (κ1) is 19.2. The van der Waals surface area contributed by atoms with Crippen molar-refractivity contribution in [3.05, 3.63) is 12.2 Å². The molecule has 0 amide bonds. The summed E-state index contributed by atoms with van der Waals surface area (Å²) in [6.07, 6.45) is 21.3. The summed E-state index contributed by atoms with van der Waals surface area (Å²) in [7, 11) is 0. The Hall–Kier alpha value is -0.790. The van der Waals surface area contributed by atoms with Gasteiger partial charge in [0, 0.05) is 6.42 Å². The molecule has 118 valence electrons. The van der Waals surface area contributed by atoms with Crippen molar-refractivity contribution >= 4 is 5.97 Å². The highest BCUT2D eigenvalue weighted by atomic mass is 16.4. The van der Waals surface area contributed by atoms with Crippen LogP contribution in [0.3, 0.4) is 0 Å². The number of hydrogen-bond donors (Lipinski definition) is 1. The van der Waals surface area contributed by atoms with Gasteiger partial charge in [0.05, 0.1) is 0 Å². The Bertz CT molecular complexity index is 234. The molecule has 0 aliphatic carbocycles. The predicted molar refractivity (Wildman–Crippen MR) is 87.1 cm³/mol. The third-order valence-electron chi connectivity index (χ3n) is 3.66. The zero-order chi connectivity index (χ0) is 14.9. The van der Waals surface area contributed by atoms with Gasteiger partial charge in [-0.3, -0.25) is 4.79 Å². The van der Waals surface area contributed by atoms with Crippen LogP contribution in [0.4, 0.5) is 0 Å². The van der Waals surface area contributed by atoms with Gasteiger partial charge in [0.1, 0.15) is 0 Å². The van der Waals surface area contributed by atoms with Crippen molar-refractivity contribution in [1.29, 1.82) is 0 Å². The molecule has 0 saturated heterocycles. The summed E-state index contributed by atoms with van der Waals surface area (Å²) in [5.74, 6) is -0.657. The molecule has 0 bridgehead atoms. The number of hydrogen-bond acceptors (Lipinski definition) is 1.